The van der Waals surface area contributed by atoms with Crippen molar-refractivity contribution in [3.63, 3.8) is 0 Å². The Morgan fingerprint density at radius 1 is 1.23 bits per heavy atom. The summed E-state index contributed by atoms with van der Waals surface area (Å²) in [6.45, 7) is 8.83. The molecule has 5 heterocycles. The van der Waals surface area contributed by atoms with E-state index in [2.05, 4.69) is 21.4 Å². The van der Waals surface area contributed by atoms with E-state index in [4.69, 9.17) is 46.9 Å². The number of nitrogens with zero attached hydrogens (tertiary/aromatic N) is 5. The smallest absolute Gasteiger partial charge is 0.319 e. The maximum Gasteiger partial charge on any atom is 0.319 e. The van der Waals surface area contributed by atoms with Gasteiger partial charge in [0.15, 0.2) is 5.82 Å². The second-order valence-corrected chi connectivity index (χ2v) is 12.7. The number of rotatable bonds is 8. The Balaban J connectivity index is 1.42. The summed E-state index contributed by atoms with van der Waals surface area (Å²) in [7, 11) is 1.50. The van der Waals surface area contributed by atoms with E-state index in [1.165, 1.54) is 12.7 Å². The fraction of sp³-hybridized carbons (Fsp3) is 0.500. The molecule has 1 aliphatic carbocycles. The number of anilines is 2. The molecule has 7 rings (SSSR count). The molecule has 0 amide bonds. The highest BCUT2D eigenvalue weighted by atomic mass is 35.5. The van der Waals surface area contributed by atoms with Crippen LogP contribution in [0.4, 0.5) is 15.9 Å². The van der Waals surface area contributed by atoms with Crippen molar-refractivity contribution in [2.45, 2.75) is 50.0 Å². The number of nitrogens with one attached hydrogen (secondary N) is 1. The number of aromatic nitrogens is 3. The Kier molecular flexibility index (Phi) is 7.58. The Hall–Kier alpha value is -3.54. The number of hydrogen-bond donors (Lipinski definition) is 2. The normalized spacial score (nSPS) is 22.3. The molecule has 3 N–H and O–H groups in total. The minimum Gasteiger partial charge on any atom is -0.480 e. The van der Waals surface area contributed by atoms with Gasteiger partial charge in [0, 0.05) is 54.3 Å². The summed E-state index contributed by atoms with van der Waals surface area (Å²) in [5, 5.41) is 8.95. The standard InChI is InChI=1S/C32H37ClFN7O3/c1-18-14-32(7-3-9-41(32)16-18)17-44-31-38-28-25(29(39-31)40-8-4-11-43-12-10-40)30(42-2)37-27(26(28)34)24-20(15-35)22(36)13-21(33)23(24)19-5-6-19/h13,15,19,35H,1,3-12,14,16-17,36H2,2H3. The average molecular weight is 622 g/mol. The maximum absolute atomic E-state index is 17.0. The van der Waals surface area contributed by atoms with Gasteiger partial charge in [0.25, 0.3) is 0 Å². The van der Waals surface area contributed by atoms with E-state index in [1.807, 2.05) is 0 Å². The van der Waals surface area contributed by atoms with Gasteiger partial charge in [0.2, 0.25) is 5.88 Å². The third-order valence-electron chi connectivity index (χ3n) is 9.39. The lowest BCUT2D eigenvalue weighted by Gasteiger charge is -2.31. The van der Waals surface area contributed by atoms with Crippen molar-refractivity contribution in [3.8, 4) is 23.1 Å². The number of nitrogens with two attached hydrogens (primary N) is 1. The number of nitrogen functional groups attached to an aromatic ring is 1. The van der Waals surface area contributed by atoms with E-state index in [0.717, 1.165) is 63.4 Å². The summed E-state index contributed by atoms with van der Waals surface area (Å²) < 4.78 is 34.9. The summed E-state index contributed by atoms with van der Waals surface area (Å²) in [6, 6.07) is 1.72. The van der Waals surface area contributed by atoms with Gasteiger partial charge in [-0.05, 0) is 62.6 Å². The molecule has 44 heavy (non-hydrogen) atoms. The molecule has 1 unspecified atom stereocenters. The third kappa shape index (κ3) is 4.95. The van der Waals surface area contributed by atoms with Crippen LogP contribution < -0.4 is 20.1 Å². The summed E-state index contributed by atoms with van der Waals surface area (Å²) in [4.78, 5) is 18.7. The van der Waals surface area contributed by atoms with Gasteiger partial charge in [-0.1, -0.05) is 23.8 Å². The number of ether oxygens (including phenoxy) is 3. The molecule has 4 aliphatic rings. The number of pyridine rings is 1. The fourth-order valence-corrected chi connectivity index (χ4v) is 7.56. The summed E-state index contributed by atoms with van der Waals surface area (Å²) in [5.74, 6) is 0.127. The zero-order valence-electron chi connectivity index (χ0n) is 24.9. The van der Waals surface area contributed by atoms with E-state index in [0.29, 0.717) is 60.3 Å². The highest BCUT2D eigenvalue weighted by Crippen LogP contribution is 2.51. The molecule has 0 radical (unpaired) electrons. The first-order valence-electron chi connectivity index (χ1n) is 15.3. The lowest BCUT2D eigenvalue weighted by Crippen LogP contribution is -2.43. The maximum atomic E-state index is 17.0. The lowest BCUT2D eigenvalue weighted by molar-refractivity contribution is 0.108. The van der Waals surface area contributed by atoms with Crippen molar-refractivity contribution in [1.29, 1.82) is 5.41 Å². The molecule has 2 aromatic heterocycles. The fourth-order valence-electron chi connectivity index (χ4n) is 7.20. The van der Waals surface area contributed by atoms with Crippen molar-refractivity contribution in [2.75, 3.05) is 63.7 Å². The predicted octanol–water partition coefficient (Wildman–Crippen LogP) is 5.35. The van der Waals surface area contributed by atoms with Crippen LogP contribution in [0.15, 0.2) is 18.2 Å². The second-order valence-electron chi connectivity index (χ2n) is 12.3. The van der Waals surface area contributed by atoms with Crippen molar-refractivity contribution >= 4 is 40.2 Å². The number of fused-ring (bicyclic) bond motifs is 2. The molecule has 10 nitrogen and oxygen atoms in total. The van der Waals surface area contributed by atoms with Crippen molar-refractivity contribution in [1.82, 2.24) is 19.9 Å². The van der Waals surface area contributed by atoms with Crippen LogP contribution in [0.3, 0.4) is 0 Å². The molecule has 12 heteroatoms. The summed E-state index contributed by atoms with van der Waals surface area (Å²) in [6.07, 6.45) is 6.69. The molecule has 0 bridgehead atoms. The summed E-state index contributed by atoms with van der Waals surface area (Å²) >= 11 is 6.71. The first-order valence-corrected chi connectivity index (χ1v) is 15.7. The van der Waals surface area contributed by atoms with Gasteiger partial charge in [-0.25, -0.2) is 9.37 Å². The Labute approximate surface area is 260 Å². The van der Waals surface area contributed by atoms with Gasteiger partial charge in [-0.3, -0.25) is 4.90 Å². The molecule has 3 aromatic rings. The molecule has 4 fully saturated rings. The van der Waals surface area contributed by atoms with E-state index in [1.54, 1.807) is 6.07 Å². The molecule has 1 saturated carbocycles. The van der Waals surface area contributed by atoms with E-state index in [-0.39, 0.29) is 40.2 Å². The van der Waals surface area contributed by atoms with Crippen LogP contribution in [0.2, 0.25) is 5.02 Å². The highest BCUT2D eigenvalue weighted by molar-refractivity contribution is 6.32. The third-order valence-corrected chi connectivity index (χ3v) is 9.70. The quantitative estimate of drug-likeness (QED) is 0.195. The molecule has 1 atom stereocenters. The number of halogens is 2. The number of hydrogen-bond acceptors (Lipinski definition) is 10. The van der Waals surface area contributed by atoms with Gasteiger partial charge in [-0.2, -0.15) is 9.97 Å². The van der Waals surface area contributed by atoms with Crippen LogP contribution in [-0.2, 0) is 4.74 Å². The average Bonchev–Trinajstić information content (AvgIpc) is 3.76. The molecular formula is C32H37ClFN7O3. The van der Waals surface area contributed by atoms with Gasteiger partial charge >= 0.3 is 6.01 Å². The second kappa shape index (κ2) is 11.4. The molecule has 232 valence electrons. The molecule has 3 aliphatic heterocycles. The number of methoxy groups -OCH3 is 1. The molecule has 3 saturated heterocycles. The summed E-state index contributed by atoms with van der Waals surface area (Å²) in [5.41, 5.74) is 9.16. The van der Waals surface area contributed by atoms with Crippen LogP contribution >= 0.6 is 11.6 Å². The Morgan fingerprint density at radius 2 is 2.07 bits per heavy atom. The zero-order valence-corrected chi connectivity index (χ0v) is 25.7. The van der Waals surface area contributed by atoms with Gasteiger partial charge in [-0.15, -0.1) is 0 Å². The van der Waals surface area contributed by atoms with Gasteiger partial charge in [0.05, 0.1) is 19.3 Å². The number of benzene rings is 1. The predicted molar refractivity (Wildman–Crippen MR) is 169 cm³/mol. The Bertz CT molecular complexity index is 1660. The van der Waals surface area contributed by atoms with Gasteiger partial charge < -0.3 is 30.3 Å². The van der Waals surface area contributed by atoms with E-state index >= 15 is 4.39 Å². The first kappa shape index (κ1) is 29.2. The Morgan fingerprint density at radius 3 is 2.84 bits per heavy atom. The van der Waals surface area contributed by atoms with Crippen molar-refractivity contribution in [2.24, 2.45) is 0 Å². The van der Waals surface area contributed by atoms with Gasteiger partial charge in [0.1, 0.15) is 29.0 Å². The van der Waals surface area contributed by atoms with Crippen LogP contribution in [-0.4, -0.2) is 84.7 Å². The largest absolute Gasteiger partial charge is 0.480 e. The van der Waals surface area contributed by atoms with Crippen LogP contribution in [0, 0.1) is 11.2 Å². The van der Waals surface area contributed by atoms with E-state index < -0.39 is 5.82 Å². The topological polar surface area (TPSA) is 123 Å². The minimum absolute atomic E-state index is 0.00796. The van der Waals surface area contributed by atoms with Crippen molar-refractivity contribution in [3.05, 3.63) is 40.2 Å². The lowest BCUT2D eigenvalue weighted by atomic mass is 9.93. The zero-order chi connectivity index (χ0) is 30.6. The van der Waals surface area contributed by atoms with Crippen molar-refractivity contribution < 1.29 is 18.6 Å². The molecule has 0 spiro atoms. The molecule has 1 aromatic carbocycles. The SMILES string of the molecule is C=C1CN2CCCC2(COc2nc(N3CCCOCC3)c3c(OC)nc(-c4c(C=N)c(N)cc(Cl)c4C4CC4)c(F)c3n2)C1. The van der Waals surface area contributed by atoms with Crippen LogP contribution in [0.5, 0.6) is 11.9 Å². The highest BCUT2D eigenvalue weighted by Gasteiger charge is 2.46. The minimum atomic E-state index is -0.665. The van der Waals surface area contributed by atoms with Crippen LogP contribution in [0.25, 0.3) is 22.2 Å². The monoisotopic (exact) mass is 621 g/mol. The van der Waals surface area contributed by atoms with E-state index in [9.17, 15) is 0 Å². The first-order chi connectivity index (χ1) is 21.3. The van der Waals surface area contributed by atoms with Crippen LogP contribution in [0.1, 0.15) is 55.6 Å². The molecular weight excluding hydrogens is 585 g/mol.